The minimum Gasteiger partial charge on any atom is -0.295 e. The standard InChI is InChI=1S/C18H16N4O2S/c1-12-16(21-10-6-5-9-14(21)19-12)17(24)20-22-15(23)11-25-18(22)13-7-3-2-4-8-13/h2-10,18H,11H2,1H3,(H,20,24). The Balaban J connectivity index is 1.65. The monoisotopic (exact) mass is 352 g/mol. The molecule has 2 amide bonds. The van der Waals surface area contributed by atoms with Crippen molar-refractivity contribution >= 4 is 29.2 Å². The van der Waals surface area contributed by atoms with Crippen LogP contribution in [0.5, 0.6) is 0 Å². The van der Waals surface area contributed by atoms with Crippen molar-refractivity contribution in [2.24, 2.45) is 0 Å². The van der Waals surface area contributed by atoms with Crippen LogP contribution in [0.3, 0.4) is 0 Å². The molecule has 0 bridgehead atoms. The van der Waals surface area contributed by atoms with Crippen LogP contribution in [0.15, 0.2) is 54.7 Å². The van der Waals surface area contributed by atoms with Crippen LogP contribution in [0, 0.1) is 6.92 Å². The Morgan fingerprint density at radius 2 is 1.96 bits per heavy atom. The second kappa shape index (κ2) is 6.25. The number of hydrazine groups is 1. The van der Waals surface area contributed by atoms with E-state index in [9.17, 15) is 9.59 Å². The fourth-order valence-electron chi connectivity index (χ4n) is 2.96. The Labute approximate surface area is 148 Å². The highest BCUT2D eigenvalue weighted by molar-refractivity contribution is 8.00. The van der Waals surface area contributed by atoms with E-state index in [0.29, 0.717) is 22.8 Å². The van der Waals surface area contributed by atoms with Gasteiger partial charge in [-0.1, -0.05) is 36.4 Å². The third-order valence-electron chi connectivity index (χ3n) is 4.09. The van der Waals surface area contributed by atoms with Crippen molar-refractivity contribution in [2.75, 3.05) is 5.75 Å². The molecule has 126 valence electrons. The number of fused-ring (bicyclic) bond motifs is 1. The molecule has 25 heavy (non-hydrogen) atoms. The van der Waals surface area contributed by atoms with Gasteiger partial charge in [0.15, 0.2) is 0 Å². The van der Waals surface area contributed by atoms with E-state index in [1.165, 1.54) is 16.8 Å². The molecular weight excluding hydrogens is 336 g/mol. The summed E-state index contributed by atoms with van der Waals surface area (Å²) in [5, 5.41) is 1.20. The lowest BCUT2D eigenvalue weighted by Gasteiger charge is -2.24. The number of nitrogens with one attached hydrogen (secondary N) is 1. The number of carbonyl (C=O) groups is 2. The maximum atomic E-state index is 12.8. The zero-order chi connectivity index (χ0) is 17.4. The predicted octanol–water partition coefficient (Wildman–Crippen LogP) is 2.56. The Kier molecular flexibility index (Phi) is 3.93. The van der Waals surface area contributed by atoms with E-state index in [0.717, 1.165) is 5.56 Å². The second-order valence-electron chi connectivity index (χ2n) is 5.75. The Hall–Kier alpha value is -2.80. The summed E-state index contributed by atoms with van der Waals surface area (Å²) in [7, 11) is 0. The molecule has 6 nitrogen and oxygen atoms in total. The molecule has 0 radical (unpaired) electrons. The smallest absolute Gasteiger partial charge is 0.288 e. The molecule has 1 fully saturated rings. The molecule has 1 unspecified atom stereocenters. The lowest BCUT2D eigenvalue weighted by atomic mass is 10.2. The quantitative estimate of drug-likeness (QED) is 0.787. The molecule has 0 saturated carbocycles. The van der Waals surface area contributed by atoms with Gasteiger partial charge in [0.25, 0.3) is 11.8 Å². The zero-order valence-electron chi connectivity index (χ0n) is 13.5. The van der Waals surface area contributed by atoms with Crippen LogP contribution < -0.4 is 5.43 Å². The van der Waals surface area contributed by atoms with Gasteiger partial charge in [0.1, 0.15) is 16.7 Å². The minimum absolute atomic E-state index is 0.112. The van der Waals surface area contributed by atoms with Crippen LogP contribution in [0.1, 0.15) is 27.1 Å². The van der Waals surface area contributed by atoms with Crippen molar-refractivity contribution in [3.05, 3.63) is 71.7 Å². The predicted molar refractivity (Wildman–Crippen MR) is 95.9 cm³/mol. The van der Waals surface area contributed by atoms with Gasteiger partial charge in [-0.15, -0.1) is 11.8 Å². The van der Waals surface area contributed by atoms with E-state index >= 15 is 0 Å². The summed E-state index contributed by atoms with van der Waals surface area (Å²) in [4.78, 5) is 29.5. The van der Waals surface area contributed by atoms with Crippen molar-refractivity contribution < 1.29 is 9.59 Å². The SMILES string of the molecule is Cc1nc2ccccn2c1C(=O)NN1C(=O)CSC1c1ccccc1. The van der Waals surface area contributed by atoms with Crippen LogP contribution in [0.2, 0.25) is 0 Å². The summed E-state index contributed by atoms with van der Waals surface area (Å²) in [5.74, 6) is -0.113. The van der Waals surface area contributed by atoms with E-state index < -0.39 is 0 Å². The van der Waals surface area contributed by atoms with Crippen molar-refractivity contribution in [1.29, 1.82) is 0 Å². The van der Waals surface area contributed by atoms with Gasteiger partial charge >= 0.3 is 0 Å². The molecule has 3 heterocycles. The summed E-state index contributed by atoms with van der Waals surface area (Å²) in [6.45, 7) is 1.79. The Bertz CT molecular complexity index is 954. The number of aromatic nitrogens is 2. The summed E-state index contributed by atoms with van der Waals surface area (Å²) in [5.41, 5.74) is 5.52. The first kappa shape index (κ1) is 15.7. The highest BCUT2D eigenvalue weighted by atomic mass is 32.2. The first-order valence-electron chi connectivity index (χ1n) is 7.88. The topological polar surface area (TPSA) is 66.7 Å². The lowest BCUT2D eigenvalue weighted by molar-refractivity contribution is -0.130. The molecular formula is C18H16N4O2S. The van der Waals surface area contributed by atoms with Crippen LogP contribution >= 0.6 is 11.8 Å². The molecule has 1 aromatic carbocycles. The number of amides is 2. The van der Waals surface area contributed by atoms with Crippen LogP contribution in [-0.4, -0.2) is 32.0 Å². The molecule has 1 atom stereocenters. The van der Waals surface area contributed by atoms with E-state index in [1.54, 1.807) is 17.5 Å². The van der Waals surface area contributed by atoms with Gasteiger partial charge in [0.2, 0.25) is 0 Å². The van der Waals surface area contributed by atoms with Gasteiger partial charge in [0.05, 0.1) is 11.4 Å². The fourth-order valence-corrected chi connectivity index (χ4v) is 4.07. The van der Waals surface area contributed by atoms with Gasteiger partial charge < -0.3 is 0 Å². The molecule has 3 aromatic rings. The van der Waals surface area contributed by atoms with Crippen LogP contribution in [-0.2, 0) is 4.79 Å². The fraction of sp³-hybridized carbons (Fsp3) is 0.167. The van der Waals surface area contributed by atoms with Gasteiger partial charge in [-0.05, 0) is 24.6 Å². The van der Waals surface area contributed by atoms with Crippen molar-refractivity contribution in [3.63, 3.8) is 0 Å². The molecule has 7 heteroatoms. The van der Waals surface area contributed by atoms with E-state index in [1.807, 2.05) is 48.5 Å². The van der Waals surface area contributed by atoms with Gasteiger partial charge in [0, 0.05) is 6.20 Å². The third kappa shape index (κ3) is 2.76. The van der Waals surface area contributed by atoms with Gasteiger partial charge in [-0.3, -0.25) is 19.4 Å². The Morgan fingerprint density at radius 1 is 1.20 bits per heavy atom. The number of rotatable bonds is 3. The van der Waals surface area contributed by atoms with Gasteiger partial charge in [-0.2, -0.15) is 0 Å². The van der Waals surface area contributed by atoms with Crippen LogP contribution in [0.4, 0.5) is 0 Å². The number of nitrogens with zero attached hydrogens (tertiary/aromatic N) is 3. The number of aryl methyl sites for hydroxylation is 1. The highest BCUT2D eigenvalue weighted by Gasteiger charge is 2.35. The van der Waals surface area contributed by atoms with Gasteiger partial charge in [-0.25, -0.2) is 9.99 Å². The number of benzene rings is 1. The van der Waals surface area contributed by atoms with E-state index in [2.05, 4.69) is 10.4 Å². The lowest BCUT2D eigenvalue weighted by Crippen LogP contribution is -2.45. The maximum Gasteiger partial charge on any atom is 0.288 e. The number of thioether (sulfide) groups is 1. The molecule has 1 saturated heterocycles. The molecule has 0 aliphatic carbocycles. The first-order chi connectivity index (χ1) is 12.1. The van der Waals surface area contributed by atoms with Crippen molar-refractivity contribution in [1.82, 2.24) is 19.8 Å². The first-order valence-corrected chi connectivity index (χ1v) is 8.93. The van der Waals surface area contributed by atoms with E-state index in [4.69, 9.17) is 0 Å². The summed E-state index contributed by atoms with van der Waals surface area (Å²) in [6, 6.07) is 15.2. The zero-order valence-corrected chi connectivity index (χ0v) is 14.4. The highest BCUT2D eigenvalue weighted by Crippen LogP contribution is 2.37. The largest absolute Gasteiger partial charge is 0.295 e. The number of imidazole rings is 1. The Morgan fingerprint density at radius 3 is 2.76 bits per heavy atom. The number of carbonyl (C=O) groups excluding carboxylic acids is 2. The molecule has 1 aliphatic rings. The normalized spacial score (nSPS) is 17.2. The minimum atomic E-state index is -0.340. The second-order valence-corrected chi connectivity index (χ2v) is 6.82. The van der Waals surface area contributed by atoms with Crippen LogP contribution in [0.25, 0.3) is 5.65 Å². The molecule has 1 N–H and O–H groups in total. The maximum absolute atomic E-state index is 12.8. The molecule has 4 rings (SSSR count). The summed E-state index contributed by atoms with van der Waals surface area (Å²) in [6.07, 6.45) is 1.79. The van der Waals surface area contributed by atoms with E-state index in [-0.39, 0.29) is 17.2 Å². The van der Waals surface area contributed by atoms with Crippen molar-refractivity contribution in [2.45, 2.75) is 12.3 Å². The average Bonchev–Trinajstić information content (AvgIpc) is 3.15. The number of pyridine rings is 1. The van der Waals surface area contributed by atoms with Crippen molar-refractivity contribution in [3.8, 4) is 0 Å². The molecule has 1 aliphatic heterocycles. The molecule has 0 spiro atoms. The number of hydrogen-bond donors (Lipinski definition) is 1. The third-order valence-corrected chi connectivity index (χ3v) is 5.31. The number of hydrogen-bond acceptors (Lipinski definition) is 4. The average molecular weight is 352 g/mol. The molecule has 2 aromatic heterocycles. The summed E-state index contributed by atoms with van der Waals surface area (Å²) >= 11 is 1.50. The summed E-state index contributed by atoms with van der Waals surface area (Å²) < 4.78 is 1.73.